The monoisotopic (exact) mass is 361 g/mol. The van der Waals surface area contributed by atoms with Crippen LogP contribution in [-0.4, -0.2) is 50.4 Å². The zero-order valence-corrected chi connectivity index (χ0v) is 15.1. The molecule has 1 saturated heterocycles. The van der Waals surface area contributed by atoms with Gasteiger partial charge in [0.2, 0.25) is 0 Å². The molecule has 0 radical (unpaired) electrons. The number of hydrogen-bond donors (Lipinski definition) is 2. The number of rotatable bonds is 5. The third kappa shape index (κ3) is 4.73. The maximum Gasteiger partial charge on any atom is 0.321 e. The minimum absolute atomic E-state index is 0.0429. The van der Waals surface area contributed by atoms with Crippen molar-refractivity contribution < 1.29 is 9.90 Å². The summed E-state index contributed by atoms with van der Waals surface area (Å²) in [4.78, 5) is 15.4. The first kappa shape index (κ1) is 17.8. The van der Waals surface area contributed by atoms with Gasteiger partial charge in [-0.2, -0.15) is 0 Å². The highest BCUT2D eigenvalue weighted by Crippen LogP contribution is 2.21. The van der Waals surface area contributed by atoms with Crippen LogP contribution in [0.15, 0.2) is 35.4 Å². The van der Waals surface area contributed by atoms with Crippen LogP contribution in [0.3, 0.4) is 0 Å². The number of benzene rings is 1. The van der Waals surface area contributed by atoms with E-state index in [2.05, 4.69) is 15.6 Å². The summed E-state index contributed by atoms with van der Waals surface area (Å²) in [5.74, 6) is 0.471. The predicted octanol–water partition coefficient (Wildman–Crippen LogP) is 2.44. The lowest BCUT2D eigenvalue weighted by atomic mass is 9.97. The number of nitrogens with zero attached hydrogens (tertiary/aromatic N) is 4. The summed E-state index contributed by atoms with van der Waals surface area (Å²) < 4.78 is 1.78. The van der Waals surface area contributed by atoms with Gasteiger partial charge in [0, 0.05) is 30.2 Å². The van der Waals surface area contributed by atoms with Gasteiger partial charge < -0.3 is 15.3 Å². The second kappa shape index (κ2) is 8.35. The van der Waals surface area contributed by atoms with Crippen molar-refractivity contribution in [3.05, 3.63) is 36.2 Å². The smallest absolute Gasteiger partial charge is 0.321 e. The molecule has 0 bridgehead atoms. The fourth-order valence-corrected chi connectivity index (χ4v) is 3.37. The van der Waals surface area contributed by atoms with Gasteiger partial charge in [-0.05, 0) is 49.3 Å². The third-order valence-corrected chi connectivity index (χ3v) is 5.18. The average Bonchev–Trinajstić information content (AvgIpc) is 3.10. The largest absolute Gasteiger partial charge is 0.390 e. The fourth-order valence-electron chi connectivity index (χ4n) is 2.96. The van der Waals surface area contributed by atoms with Gasteiger partial charge in [0.15, 0.2) is 0 Å². The molecule has 25 heavy (non-hydrogen) atoms. The number of aliphatic hydroxyl groups excluding tert-OH is 1. The average molecular weight is 361 g/mol. The van der Waals surface area contributed by atoms with Crippen LogP contribution in [0.25, 0.3) is 0 Å². The minimum atomic E-state index is -0.0868. The van der Waals surface area contributed by atoms with Crippen molar-refractivity contribution in [3.63, 3.8) is 0 Å². The number of likely N-dealkylation sites (tertiary alicyclic amines) is 1. The van der Waals surface area contributed by atoms with Crippen molar-refractivity contribution in [2.45, 2.75) is 30.9 Å². The van der Waals surface area contributed by atoms with Gasteiger partial charge in [-0.1, -0.05) is 5.21 Å². The maximum atomic E-state index is 12.4. The molecule has 1 aliphatic heterocycles. The quantitative estimate of drug-likeness (QED) is 0.799. The molecule has 0 atom stereocenters. The van der Waals surface area contributed by atoms with E-state index in [1.807, 2.05) is 35.4 Å². The molecule has 0 aliphatic carbocycles. The van der Waals surface area contributed by atoms with Crippen molar-refractivity contribution in [1.82, 2.24) is 19.9 Å². The highest BCUT2D eigenvalue weighted by atomic mass is 32.2. The van der Waals surface area contributed by atoms with Crippen LogP contribution in [0.5, 0.6) is 0 Å². The zero-order chi connectivity index (χ0) is 17.6. The Balaban J connectivity index is 1.46. The summed E-state index contributed by atoms with van der Waals surface area (Å²) in [6.07, 6.45) is 5.68. The Labute approximate surface area is 151 Å². The summed E-state index contributed by atoms with van der Waals surface area (Å²) in [5.41, 5.74) is 1.41. The first-order chi connectivity index (χ1) is 12.2. The Hall–Kier alpha value is -2.06. The van der Waals surface area contributed by atoms with Crippen LogP contribution in [0, 0.1) is 5.92 Å². The molecule has 1 fully saturated rings. The molecular formula is C17H23N5O2S. The van der Waals surface area contributed by atoms with E-state index < -0.39 is 0 Å². The normalized spacial score (nSPS) is 15.4. The Kier molecular flexibility index (Phi) is 5.93. The molecule has 0 saturated carbocycles. The standard InChI is InChI=1S/C17H23N5O2S/c1-25-16-4-2-14(3-5-16)18-17(24)21-8-6-13(7-9-21)10-22-11-15(12-23)19-20-22/h2-5,11,13,23H,6-10,12H2,1H3,(H,18,24). The first-order valence-corrected chi connectivity index (χ1v) is 9.60. The van der Waals surface area contributed by atoms with Crippen molar-refractivity contribution in [3.8, 4) is 0 Å². The van der Waals surface area contributed by atoms with Crippen LogP contribution >= 0.6 is 11.8 Å². The molecule has 2 N–H and O–H groups in total. The number of carbonyl (C=O) groups excluding carboxylic acids is 1. The number of urea groups is 1. The predicted molar refractivity (Wildman–Crippen MR) is 97.5 cm³/mol. The van der Waals surface area contributed by atoms with Gasteiger partial charge in [0.05, 0.1) is 12.8 Å². The first-order valence-electron chi connectivity index (χ1n) is 8.38. The Morgan fingerprint density at radius 2 is 2.04 bits per heavy atom. The topological polar surface area (TPSA) is 83.3 Å². The summed E-state index contributed by atoms with van der Waals surface area (Å²) in [6, 6.07) is 7.83. The van der Waals surface area contributed by atoms with E-state index in [4.69, 9.17) is 5.11 Å². The van der Waals surface area contributed by atoms with Gasteiger partial charge >= 0.3 is 6.03 Å². The SMILES string of the molecule is CSc1ccc(NC(=O)N2CCC(Cn3cc(CO)nn3)CC2)cc1. The molecule has 1 aromatic heterocycles. The molecule has 3 rings (SSSR count). The van der Waals surface area contributed by atoms with E-state index >= 15 is 0 Å². The third-order valence-electron chi connectivity index (χ3n) is 4.44. The molecule has 134 valence electrons. The summed E-state index contributed by atoms with van der Waals surface area (Å²) in [6.45, 7) is 2.16. The van der Waals surface area contributed by atoms with Gasteiger partial charge in [-0.3, -0.25) is 4.68 Å². The van der Waals surface area contributed by atoms with E-state index in [1.165, 1.54) is 4.90 Å². The molecule has 1 aromatic carbocycles. The number of nitrogens with one attached hydrogen (secondary N) is 1. The van der Waals surface area contributed by atoms with Gasteiger partial charge in [0.25, 0.3) is 0 Å². The zero-order valence-electron chi connectivity index (χ0n) is 14.3. The molecule has 2 amide bonds. The number of amides is 2. The summed E-state index contributed by atoms with van der Waals surface area (Å²) >= 11 is 1.68. The van der Waals surface area contributed by atoms with Crippen molar-refractivity contribution in [2.24, 2.45) is 5.92 Å². The maximum absolute atomic E-state index is 12.4. The second-order valence-corrected chi connectivity index (χ2v) is 7.06. The lowest BCUT2D eigenvalue weighted by Crippen LogP contribution is -2.41. The number of piperidine rings is 1. The lowest BCUT2D eigenvalue weighted by molar-refractivity contribution is 0.175. The van der Waals surface area contributed by atoms with E-state index in [0.717, 1.165) is 38.2 Å². The number of thioether (sulfide) groups is 1. The van der Waals surface area contributed by atoms with Gasteiger partial charge in [-0.25, -0.2) is 4.79 Å². The highest BCUT2D eigenvalue weighted by molar-refractivity contribution is 7.98. The fraction of sp³-hybridized carbons (Fsp3) is 0.471. The van der Waals surface area contributed by atoms with Gasteiger partial charge in [-0.15, -0.1) is 16.9 Å². The minimum Gasteiger partial charge on any atom is -0.390 e. The number of aliphatic hydroxyl groups is 1. The molecule has 7 nitrogen and oxygen atoms in total. The molecule has 2 aromatic rings. The summed E-state index contributed by atoms with van der Waals surface area (Å²) in [5, 5.41) is 19.9. The van der Waals surface area contributed by atoms with Crippen LogP contribution in [0.2, 0.25) is 0 Å². The van der Waals surface area contributed by atoms with E-state index in [9.17, 15) is 4.79 Å². The van der Waals surface area contributed by atoms with Crippen molar-refractivity contribution in [1.29, 1.82) is 0 Å². The molecule has 1 aliphatic rings. The summed E-state index contributed by atoms with van der Waals surface area (Å²) in [7, 11) is 0. The molecule has 8 heteroatoms. The lowest BCUT2D eigenvalue weighted by Gasteiger charge is -2.31. The Bertz CT molecular complexity index is 695. The molecule has 0 unspecified atom stereocenters. The number of aromatic nitrogens is 3. The van der Waals surface area contributed by atoms with E-state index in [1.54, 1.807) is 22.6 Å². The van der Waals surface area contributed by atoms with Crippen LogP contribution in [0.1, 0.15) is 18.5 Å². The van der Waals surface area contributed by atoms with E-state index in [0.29, 0.717) is 11.6 Å². The highest BCUT2D eigenvalue weighted by Gasteiger charge is 2.23. The number of carbonyl (C=O) groups is 1. The molecular weight excluding hydrogens is 338 g/mol. The molecule has 2 heterocycles. The van der Waals surface area contributed by atoms with Crippen LogP contribution in [-0.2, 0) is 13.2 Å². The van der Waals surface area contributed by atoms with Crippen LogP contribution < -0.4 is 5.32 Å². The van der Waals surface area contributed by atoms with Crippen LogP contribution in [0.4, 0.5) is 10.5 Å². The van der Waals surface area contributed by atoms with Gasteiger partial charge in [0.1, 0.15) is 5.69 Å². The molecule has 0 spiro atoms. The second-order valence-electron chi connectivity index (χ2n) is 6.18. The Morgan fingerprint density at radius 1 is 1.32 bits per heavy atom. The number of hydrogen-bond acceptors (Lipinski definition) is 5. The Morgan fingerprint density at radius 3 is 2.64 bits per heavy atom. The van der Waals surface area contributed by atoms with Crippen molar-refractivity contribution >= 4 is 23.5 Å². The number of anilines is 1. The van der Waals surface area contributed by atoms with Crippen molar-refractivity contribution in [2.75, 3.05) is 24.7 Å². The van der Waals surface area contributed by atoms with E-state index in [-0.39, 0.29) is 12.6 Å².